The Kier molecular flexibility index (Phi) is 36.7. The summed E-state index contributed by atoms with van der Waals surface area (Å²) in [5.74, 6) is 2.26. The third-order valence-corrected chi connectivity index (χ3v) is 17.2. The summed E-state index contributed by atoms with van der Waals surface area (Å²) in [6, 6.07) is 3.49. The minimum atomic E-state index is -0.166. The lowest BCUT2D eigenvalue weighted by Crippen LogP contribution is -2.45. The van der Waals surface area contributed by atoms with Crippen molar-refractivity contribution in [2.75, 3.05) is 72.6 Å². The summed E-state index contributed by atoms with van der Waals surface area (Å²) < 4.78 is 4.84. The predicted octanol–water partition coefficient (Wildman–Crippen LogP) is 11.3. The zero-order valence-corrected chi connectivity index (χ0v) is 60.6. The van der Waals surface area contributed by atoms with E-state index in [1.807, 2.05) is 73.9 Å². The van der Waals surface area contributed by atoms with E-state index in [-0.39, 0.29) is 29.1 Å². The van der Waals surface area contributed by atoms with Gasteiger partial charge in [0.1, 0.15) is 0 Å². The van der Waals surface area contributed by atoms with Gasteiger partial charge in [0.25, 0.3) is 0 Å². The molecule has 516 valence electrons. The predicted molar refractivity (Wildman–Crippen MR) is 358 cm³/mol. The van der Waals surface area contributed by atoms with Gasteiger partial charge in [0.15, 0.2) is 0 Å². The molecule has 89 heavy (non-hydrogen) atoms. The first kappa shape index (κ1) is 81.8. The molecule has 9 fully saturated rings. The fourth-order valence-electron chi connectivity index (χ4n) is 12.1. The Hall–Kier alpha value is -5.17. The van der Waals surface area contributed by atoms with E-state index in [1.54, 1.807) is 9.80 Å². The van der Waals surface area contributed by atoms with Gasteiger partial charge in [-0.15, -0.1) is 0 Å². The number of hydrogen-bond acceptors (Lipinski definition) is 10. The summed E-state index contributed by atoms with van der Waals surface area (Å²) in [6.45, 7) is 54.5. The third kappa shape index (κ3) is 28.9. The molecule has 10 amide bonds. The van der Waals surface area contributed by atoms with Crippen LogP contribution in [-0.4, -0.2) is 235 Å². The Morgan fingerprint density at radius 2 is 0.652 bits per heavy atom. The quantitative estimate of drug-likeness (QED) is 0.214. The van der Waals surface area contributed by atoms with Gasteiger partial charge in [0.2, 0.25) is 41.4 Å². The molecule has 20 nitrogen and oxygen atoms in total. The van der Waals surface area contributed by atoms with E-state index >= 15 is 0 Å². The molecule has 0 aromatic rings. The van der Waals surface area contributed by atoms with Crippen molar-refractivity contribution in [1.29, 1.82) is 0 Å². The Morgan fingerprint density at radius 1 is 0.326 bits per heavy atom. The van der Waals surface area contributed by atoms with Crippen LogP contribution in [-0.2, 0) is 38.3 Å². The van der Waals surface area contributed by atoms with Crippen molar-refractivity contribution in [3.8, 4) is 0 Å². The number of piperidine rings is 2. The van der Waals surface area contributed by atoms with E-state index in [0.717, 1.165) is 142 Å². The van der Waals surface area contributed by atoms with Crippen LogP contribution in [0.4, 0.5) is 9.59 Å². The van der Waals surface area contributed by atoms with Gasteiger partial charge < -0.3 is 53.7 Å². The molecule has 9 heterocycles. The average Bonchev–Trinajstić information content (AvgIpc) is 1.88. The largest absolute Gasteiger partial charge is 0.449 e. The SMILES string of the molecule is CC(C)N1C(=O)CCC1(C)C.CC(C)N1CC(C)(C)CC1=O.CC(C)N1CCCC1=O.CC(C)N1CCCC1=O.CC(C)N1CCCC1=O.CC(C)N1CCCCC1=O.CC(C)N1CCCCC1=O.CC(C)N1CCCOC1=O.CC(C)N1CCN(C)C1=O. The summed E-state index contributed by atoms with van der Waals surface area (Å²) in [6.07, 6.45) is 14.7. The Balaban J connectivity index is 0.000000501. The highest BCUT2D eigenvalue weighted by Gasteiger charge is 2.39. The number of amides is 10. The topological polar surface area (TPSA) is 195 Å². The van der Waals surface area contributed by atoms with Gasteiger partial charge in [-0.1, -0.05) is 13.8 Å². The van der Waals surface area contributed by atoms with Gasteiger partial charge in [0.05, 0.1) is 6.61 Å². The lowest BCUT2D eigenvalue weighted by Gasteiger charge is -2.35. The summed E-state index contributed by atoms with van der Waals surface area (Å²) in [7, 11) is 1.84. The molecule has 0 aromatic heterocycles. The molecule has 9 rings (SSSR count). The molecule has 0 saturated carbocycles. The zero-order chi connectivity index (χ0) is 68.3. The number of carbonyl (C=O) groups is 9. The van der Waals surface area contributed by atoms with Crippen LogP contribution >= 0.6 is 0 Å². The van der Waals surface area contributed by atoms with Crippen molar-refractivity contribution < 1.29 is 47.9 Å². The van der Waals surface area contributed by atoms with E-state index < -0.39 is 0 Å². The smallest absolute Gasteiger partial charge is 0.409 e. The second-order valence-corrected chi connectivity index (χ2v) is 29.0. The molecular formula is C69H130N10O10. The number of rotatable bonds is 9. The number of cyclic esters (lactones) is 1. The van der Waals surface area contributed by atoms with E-state index in [9.17, 15) is 43.2 Å². The first-order valence-corrected chi connectivity index (χ1v) is 34.3. The van der Waals surface area contributed by atoms with E-state index in [1.165, 1.54) is 12.8 Å². The summed E-state index contributed by atoms with van der Waals surface area (Å²) >= 11 is 0. The molecule has 0 aromatic carbocycles. The van der Waals surface area contributed by atoms with Crippen molar-refractivity contribution in [3.63, 3.8) is 0 Å². The minimum Gasteiger partial charge on any atom is -0.449 e. The number of likely N-dealkylation sites (tertiary alicyclic amines) is 7. The van der Waals surface area contributed by atoms with Crippen molar-refractivity contribution >= 4 is 53.5 Å². The Bertz CT molecular complexity index is 2030. The highest BCUT2D eigenvalue weighted by atomic mass is 16.6. The minimum absolute atomic E-state index is 0.0885. The number of likely N-dealkylation sites (N-methyl/N-ethyl adjacent to an activating group) is 1. The molecule has 0 spiro atoms. The highest BCUT2D eigenvalue weighted by molar-refractivity contribution is 5.81. The monoisotopic (exact) mass is 1260 g/mol. The van der Waals surface area contributed by atoms with Crippen LogP contribution in [0.25, 0.3) is 0 Å². The Labute approximate surface area is 541 Å². The molecule has 0 radical (unpaired) electrons. The van der Waals surface area contributed by atoms with Gasteiger partial charge in [-0.25, -0.2) is 9.59 Å². The maximum absolute atomic E-state index is 11.4. The number of urea groups is 1. The molecule has 9 saturated heterocycles. The van der Waals surface area contributed by atoms with Crippen LogP contribution < -0.4 is 0 Å². The van der Waals surface area contributed by atoms with Crippen molar-refractivity contribution in [3.05, 3.63) is 0 Å². The van der Waals surface area contributed by atoms with Crippen LogP contribution in [0.1, 0.15) is 255 Å². The first-order valence-electron chi connectivity index (χ1n) is 34.3. The normalized spacial score (nSPS) is 20.7. The van der Waals surface area contributed by atoms with Gasteiger partial charge in [-0.3, -0.25) is 33.6 Å². The lowest BCUT2D eigenvalue weighted by molar-refractivity contribution is -0.135. The maximum Gasteiger partial charge on any atom is 0.409 e. The fraction of sp³-hybridized carbons (Fsp3) is 0.870. The number of ether oxygens (including phenoxy) is 1. The summed E-state index contributed by atoms with van der Waals surface area (Å²) in [5, 5.41) is 0. The standard InChI is InChI=1S/2C9H17NO.2C8H15NO.C7H14N2O.C7H13NO2.3C7H13NO/c1-7(2)10-6-9(3,4)5-8(10)11;1-7(2)10-8(11)5-6-9(10,3)4;2*1-7(2)9-6-4-3-5-8(9)10;1-6(2)9-5-4-8(3)7(9)10;1-6(2)8-4-3-5-10-7(8)9;3*1-6(2)8-5-3-4-7(8)9/h2*7H,5-6H2,1-4H3;2*7H,3-6H2,1-2H3;6H,4-5H2,1-3H3;6H,3-5H2,1-2H3;3*6H,3-5H2,1-2H3. The zero-order valence-electron chi connectivity index (χ0n) is 60.6. The van der Waals surface area contributed by atoms with Crippen molar-refractivity contribution in [1.82, 2.24) is 49.0 Å². The molecule has 0 N–H and O–H groups in total. The summed E-state index contributed by atoms with van der Waals surface area (Å²) in [5.41, 5.74) is 0.284. The van der Waals surface area contributed by atoms with Crippen molar-refractivity contribution in [2.24, 2.45) is 5.41 Å². The Morgan fingerprint density at radius 3 is 0.831 bits per heavy atom. The molecular weight excluding hydrogens is 1130 g/mol. The summed E-state index contributed by atoms with van der Waals surface area (Å²) in [4.78, 5) is 119. The number of hydrogen-bond donors (Lipinski definition) is 0. The molecule has 9 aliphatic heterocycles. The van der Waals surface area contributed by atoms with Gasteiger partial charge in [-0.05, 0) is 202 Å². The fourth-order valence-corrected chi connectivity index (χ4v) is 12.1. The van der Waals surface area contributed by atoms with Crippen LogP contribution in [0.5, 0.6) is 0 Å². The number of nitrogens with zero attached hydrogens (tertiary/aromatic N) is 10. The van der Waals surface area contributed by atoms with Crippen molar-refractivity contribution in [2.45, 2.75) is 315 Å². The number of carbonyl (C=O) groups excluding carboxylic acids is 9. The average molecular weight is 1260 g/mol. The van der Waals surface area contributed by atoms with E-state index in [2.05, 4.69) is 125 Å². The maximum atomic E-state index is 11.4. The molecule has 0 aliphatic carbocycles. The molecule has 0 unspecified atom stereocenters. The molecule has 9 aliphatic rings. The van der Waals surface area contributed by atoms with Crippen LogP contribution in [0.3, 0.4) is 0 Å². The van der Waals surface area contributed by atoms with Crippen LogP contribution in [0.15, 0.2) is 0 Å². The van der Waals surface area contributed by atoms with Gasteiger partial charge in [-0.2, -0.15) is 0 Å². The molecule has 20 heteroatoms. The third-order valence-electron chi connectivity index (χ3n) is 17.2. The van der Waals surface area contributed by atoms with Crippen LogP contribution in [0, 0.1) is 5.41 Å². The highest BCUT2D eigenvalue weighted by Crippen LogP contribution is 2.32. The molecule has 0 bridgehead atoms. The van der Waals surface area contributed by atoms with Gasteiger partial charge >= 0.3 is 12.1 Å². The second kappa shape index (κ2) is 39.9. The van der Waals surface area contributed by atoms with Gasteiger partial charge in [0, 0.05) is 171 Å². The van der Waals surface area contributed by atoms with E-state index in [0.29, 0.717) is 103 Å². The van der Waals surface area contributed by atoms with Crippen LogP contribution in [0.2, 0.25) is 0 Å². The second-order valence-electron chi connectivity index (χ2n) is 29.0. The van der Waals surface area contributed by atoms with E-state index in [4.69, 9.17) is 4.74 Å². The first-order chi connectivity index (χ1) is 41.3. The lowest BCUT2D eigenvalue weighted by atomic mass is 9.93. The molecule has 0 atom stereocenters.